The summed E-state index contributed by atoms with van der Waals surface area (Å²) < 4.78 is 2.08. The first-order chi connectivity index (χ1) is 13.6. The molecule has 6 nitrogen and oxygen atoms in total. The van der Waals surface area contributed by atoms with Gasteiger partial charge >= 0.3 is 0 Å². The summed E-state index contributed by atoms with van der Waals surface area (Å²) in [4.78, 5) is 18.7. The summed E-state index contributed by atoms with van der Waals surface area (Å²) in [7, 11) is 1.84. The molecule has 146 valence electrons. The van der Waals surface area contributed by atoms with Gasteiger partial charge in [0.1, 0.15) is 0 Å². The molecule has 0 N–H and O–H groups in total. The molecule has 0 saturated heterocycles. The fourth-order valence-electron chi connectivity index (χ4n) is 2.97. The molecule has 28 heavy (non-hydrogen) atoms. The quantitative estimate of drug-likeness (QED) is 0.542. The van der Waals surface area contributed by atoms with E-state index in [-0.39, 0.29) is 11.2 Å². The predicted octanol–water partition coefficient (Wildman–Crippen LogP) is 3.89. The smallest absolute Gasteiger partial charge is 0.235 e. The van der Waals surface area contributed by atoms with E-state index in [1.165, 1.54) is 11.8 Å². The number of benzene rings is 1. The average Bonchev–Trinajstić information content (AvgIpc) is 3.11. The summed E-state index contributed by atoms with van der Waals surface area (Å²) in [5.74, 6) is 0.884. The van der Waals surface area contributed by atoms with Crippen molar-refractivity contribution in [2.75, 3.05) is 7.05 Å². The summed E-state index contributed by atoms with van der Waals surface area (Å²) in [6, 6.07) is 13.9. The van der Waals surface area contributed by atoms with Crippen molar-refractivity contribution < 1.29 is 4.79 Å². The molecule has 1 atom stereocenters. The lowest BCUT2D eigenvalue weighted by molar-refractivity contribution is -0.129. The molecule has 0 aliphatic heterocycles. The molecule has 3 aromatic rings. The van der Waals surface area contributed by atoms with E-state index >= 15 is 0 Å². The molecule has 0 saturated carbocycles. The highest BCUT2D eigenvalue weighted by Crippen LogP contribution is 2.27. The number of aromatic nitrogens is 4. The standard InChI is InChI=1S/C21H25N5OS/c1-4-14-26-19(18-10-12-22-13-11-18)23-24-21(26)28-16(2)20(27)25(3)15-17-8-6-5-7-9-17/h5-13,16H,4,14-15H2,1-3H3. The van der Waals surface area contributed by atoms with Crippen molar-refractivity contribution in [2.24, 2.45) is 0 Å². The van der Waals surface area contributed by atoms with Gasteiger partial charge in [0.2, 0.25) is 5.91 Å². The maximum Gasteiger partial charge on any atom is 0.235 e. The van der Waals surface area contributed by atoms with Gasteiger partial charge in [-0.15, -0.1) is 10.2 Å². The molecule has 0 radical (unpaired) electrons. The van der Waals surface area contributed by atoms with Gasteiger partial charge < -0.3 is 9.47 Å². The fraction of sp³-hybridized carbons (Fsp3) is 0.333. The van der Waals surface area contributed by atoms with Crippen LogP contribution >= 0.6 is 11.8 Å². The number of amides is 1. The molecular formula is C21H25N5OS. The first-order valence-corrected chi connectivity index (χ1v) is 10.3. The zero-order chi connectivity index (χ0) is 19.9. The molecule has 0 bridgehead atoms. The molecule has 7 heteroatoms. The Balaban J connectivity index is 1.73. The summed E-state index contributed by atoms with van der Waals surface area (Å²) in [5, 5.41) is 9.25. The van der Waals surface area contributed by atoms with E-state index in [1.807, 2.05) is 56.4 Å². The van der Waals surface area contributed by atoms with Crippen molar-refractivity contribution >= 4 is 17.7 Å². The van der Waals surface area contributed by atoms with Gasteiger partial charge in [-0.1, -0.05) is 49.0 Å². The van der Waals surface area contributed by atoms with E-state index in [1.54, 1.807) is 17.3 Å². The third kappa shape index (κ3) is 4.78. The van der Waals surface area contributed by atoms with Gasteiger partial charge in [0, 0.05) is 38.1 Å². The number of thioether (sulfide) groups is 1. The Labute approximate surface area is 170 Å². The number of rotatable bonds is 8. The second-order valence-corrected chi connectivity index (χ2v) is 7.94. The zero-order valence-corrected chi connectivity index (χ0v) is 17.3. The Bertz CT molecular complexity index is 898. The largest absolute Gasteiger partial charge is 0.340 e. The van der Waals surface area contributed by atoms with E-state index in [4.69, 9.17) is 0 Å². The average molecular weight is 396 g/mol. The maximum atomic E-state index is 12.8. The molecule has 1 amide bonds. The number of hydrogen-bond acceptors (Lipinski definition) is 5. The molecule has 3 rings (SSSR count). The van der Waals surface area contributed by atoms with Crippen LogP contribution in [-0.4, -0.2) is 42.9 Å². The highest BCUT2D eigenvalue weighted by molar-refractivity contribution is 8.00. The van der Waals surface area contributed by atoms with Crippen LogP contribution in [0.2, 0.25) is 0 Å². The van der Waals surface area contributed by atoms with Crippen molar-refractivity contribution in [1.82, 2.24) is 24.6 Å². The van der Waals surface area contributed by atoms with Crippen LogP contribution in [0.25, 0.3) is 11.4 Å². The Morgan fingerprint density at radius 2 is 1.86 bits per heavy atom. The van der Waals surface area contributed by atoms with Crippen LogP contribution in [-0.2, 0) is 17.9 Å². The SMILES string of the molecule is CCCn1c(SC(C)C(=O)N(C)Cc2ccccc2)nnc1-c1ccncc1. The Kier molecular flexibility index (Phi) is 6.81. The minimum Gasteiger partial charge on any atom is -0.340 e. The minimum atomic E-state index is -0.251. The molecule has 2 aromatic heterocycles. The molecule has 1 aromatic carbocycles. The molecule has 0 aliphatic carbocycles. The van der Waals surface area contributed by atoms with Crippen molar-refractivity contribution in [3.8, 4) is 11.4 Å². The van der Waals surface area contributed by atoms with Crippen molar-refractivity contribution in [3.05, 3.63) is 60.4 Å². The van der Waals surface area contributed by atoms with Gasteiger partial charge in [-0.2, -0.15) is 0 Å². The Morgan fingerprint density at radius 1 is 1.14 bits per heavy atom. The zero-order valence-electron chi connectivity index (χ0n) is 16.4. The summed E-state index contributed by atoms with van der Waals surface area (Å²) in [5.41, 5.74) is 2.09. The van der Waals surface area contributed by atoms with Gasteiger partial charge in [-0.3, -0.25) is 9.78 Å². The first-order valence-electron chi connectivity index (χ1n) is 9.39. The maximum absolute atomic E-state index is 12.8. The normalized spacial score (nSPS) is 12.0. The molecule has 0 spiro atoms. The van der Waals surface area contributed by atoms with Gasteiger partial charge in [0.05, 0.1) is 5.25 Å². The molecule has 1 unspecified atom stereocenters. The molecule has 0 aliphatic rings. The highest BCUT2D eigenvalue weighted by atomic mass is 32.2. The van der Waals surface area contributed by atoms with Crippen LogP contribution in [0.1, 0.15) is 25.8 Å². The Morgan fingerprint density at radius 3 is 2.54 bits per heavy atom. The van der Waals surface area contributed by atoms with Crippen molar-refractivity contribution in [2.45, 2.75) is 43.8 Å². The number of carbonyl (C=O) groups excluding carboxylic acids is 1. The van der Waals surface area contributed by atoms with Crippen LogP contribution in [0.5, 0.6) is 0 Å². The van der Waals surface area contributed by atoms with Crippen molar-refractivity contribution in [3.63, 3.8) is 0 Å². The number of carbonyl (C=O) groups is 1. The molecule has 2 heterocycles. The van der Waals surface area contributed by atoms with E-state index in [2.05, 4.69) is 26.7 Å². The van der Waals surface area contributed by atoms with E-state index in [0.717, 1.165) is 35.1 Å². The second kappa shape index (κ2) is 9.50. The molecular weight excluding hydrogens is 370 g/mol. The van der Waals surface area contributed by atoms with E-state index < -0.39 is 0 Å². The predicted molar refractivity (Wildman–Crippen MR) is 112 cm³/mol. The topological polar surface area (TPSA) is 63.9 Å². The summed E-state index contributed by atoms with van der Waals surface area (Å²) in [6.07, 6.45) is 4.45. The fourth-order valence-corrected chi connectivity index (χ4v) is 3.96. The third-order valence-corrected chi connectivity index (χ3v) is 5.44. The lowest BCUT2D eigenvalue weighted by atomic mass is 10.2. The third-order valence-electron chi connectivity index (χ3n) is 4.37. The summed E-state index contributed by atoms with van der Waals surface area (Å²) in [6.45, 7) is 5.43. The minimum absolute atomic E-state index is 0.0744. The highest BCUT2D eigenvalue weighted by Gasteiger charge is 2.23. The number of pyridine rings is 1. The second-order valence-electron chi connectivity index (χ2n) is 6.63. The van der Waals surface area contributed by atoms with E-state index in [9.17, 15) is 4.79 Å². The summed E-state index contributed by atoms with van der Waals surface area (Å²) >= 11 is 1.46. The van der Waals surface area contributed by atoms with Gasteiger partial charge in [-0.25, -0.2) is 0 Å². The Hall–Kier alpha value is -2.67. The van der Waals surface area contributed by atoms with Crippen LogP contribution < -0.4 is 0 Å². The van der Waals surface area contributed by atoms with Crippen LogP contribution in [0, 0.1) is 0 Å². The van der Waals surface area contributed by atoms with Gasteiger partial charge in [0.15, 0.2) is 11.0 Å². The monoisotopic (exact) mass is 395 g/mol. The lowest BCUT2D eigenvalue weighted by Crippen LogP contribution is -2.33. The van der Waals surface area contributed by atoms with Crippen LogP contribution in [0.3, 0.4) is 0 Å². The number of hydrogen-bond donors (Lipinski definition) is 0. The van der Waals surface area contributed by atoms with E-state index in [0.29, 0.717) is 6.54 Å². The lowest BCUT2D eigenvalue weighted by Gasteiger charge is -2.21. The van der Waals surface area contributed by atoms with Crippen molar-refractivity contribution in [1.29, 1.82) is 0 Å². The molecule has 0 fully saturated rings. The number of nitrogens with zero attached hydrogens (tertiary/aromatic N) is 5. The van der Waals surface area contributed by atoms with Crippen LogP contribution in [0.15, 0.2) is 60.0 Å². The van der Waals surface area contributed by atoms with Crippen LogP contribution in [0.4, 0.5) is 0 Å². The van der Waals surface area contributed by atoms with Gasteiger partial charge in [0.25, 0.3) is 0 Å². The van der Waals surface area contributed by atoms with Gasteiger partial charge in [-0.05, 0) is 31.0 Å². The first kappa shape index (κ1) is 20.1.